The van der Waals surface area contributed by atoms with Gasteiger partial charge in [-0.05, 0) is 37.1 Å². The molecule has 4 heteroatoms. The summed E-state index contributed by atoms with van der Waals surface area (Å²) >= 11 is 2.28. The number of carbonyl (C=O) groups is 2. The number of rotatable bonds is 4. The van der Waals surface area contributed by atoms with Gasteiger partial charge in [-0.1, -0.05) is 59.9 Å². The molecular weight excluding hydrogens is 300 g/mol. The Labute approximate surface area is 133 Å². The van der Waals surface area contributed by atoms with Crippen LogP contribution in [0.25, 0.3) is 0 Å². The molecule has 0 bridgehead atoms. The molecule has 0 unspecified atom stereocenters. The summed E-state index contributed by atoms with van der Waals surface area (Å²) in [4.78, 5) is 25.8. The first-order valence-corrected chi connectivity index (χ1v) is 8.22. The summed E-state index contributed by atoms with van der Waals surface area (Å²) in [6, 6.07) is 15.4. The van der Waals surface area contributed by atoms with Gasteiger partial charge in [0.15, 0.2) is 0 Å². The highest BCUT2D eigenvalue weighted by molar-refractivity contribution is 8.15. The molecule has 2 rings (SSSR count). The maximum Gasteiger partial charge on any atom is 0.202 e. The Bertz CT molecular complexity index is 608. The van der Waals surface area contributed by atoms with Crippen LogP contribution in [0, 0.1) is 13.8 Å². The van der Waals surface area contributed by atoms with E-state index in [1.807, 2.05) is 62.4 Å². The van der Waals surface area contributed by atoms with Crippen molar-refractivity contribution in [3.63, 3.8) is 0 Å². The van der Waals surface area contributed by atoms with E-state index in [1.165, 1.54) is 0 Å². The summed E-state index contributed by atoms with van der Waals surface area (Å²) in [5.41, 5.74) is 2.10. The molecule has 0 aliphatic rings. The average molecular weight is 316 g/mol. The minimum Gasteiger partial charge on any atom is -0.286 e. The van der Waals surface area contributed by atoms with E-state index in [4.69, 9.17) is 0 Å². The highest BCUT2D eigenvalue weighted by Crippen LogP contribution is 2.27. The van der Waals surface area contributed by atoms with Gasteiger partial charge in [0.2, 0.25) is 10.2 Å². The van der Waals surface area contributed by atoms with Crippen LogP contribution in [0.3, 0.4) is 0 Å². The third-order valence-corrected chi connectivity index (χ3v) is 5.02. The van der Waals surface area contributed by atoms with Crippen LogP contribution in [0.2, 0.25) is 0 Å². The van der Waals surface area contributed by atoms with E-state index in [0.717, 1.165) is 44.4 Å². The van der Waals surface area contributed by atoms with Crippen LogP contribution in [-0.2, 0) is 9.59 Å². The van der Waals surface area contributed by atoms with Crippen LogP contribution in [0.15, 0.2) is 58.3 Å². The lowest BCUT2D eigenvalue weighted by atomic mass is 10.2. The van der Waals surface area contributed by atoms with Crippen molar-refractivity contribution < 1.29 is 9.59 Å². The fourth-order valence-corrected chi connectivity index (χ4v) is 3.52. The Morgan fingerprint density at radius 1 is 0.762 bits per heavy atom. The second-order valence-corrected chi connectivity index (χ2v) is 6.85. The van der Waals surface area contributed by atoms with Gasteiger partial charge < -0.3 is 0 Å². The van der Waals surface area contributed by atoms with Gasteiger partial charge in [0.05, 0.1) is 6.42 Å². The Morgan fingerprint density at radius 3 is 1.52 bits per heavy atom. The SMILES string of the molecule is Cc1ccccc1SC(=O)CC(=O)Sc1ccccc1C. The van der Waals surface area contributed by atoms with E-state index in [9.17, 15) is 9.59 Å². The van der Waals surface area contributed by atoms with E-state index in [1.54, 1.807) is 0 Å². The van der Waals surface area contributed by atoms with Crippen LogP contribution >= 0.6 is 23.5 Å². The number of thioether (sulfide) groups is 2. The Balaban J connectivity index is 1.93. The topological polar surface area (TPSA) is 34.1 Å². The molecular formula is C17H16O2S2. The van der Waals surface area contributed by atoms with Gasteiger partial charge in [-0.3, -0.25) is 9.59 Å². The van der Waals surface area contributed by atoms with Crippen LogP contribution < -0.4 is 0 Å². The normalized spacial score (nSPS) is 10.4. The summed E-state index contributed by atoms with van der Waals surface area (Å²) in [5, 5.41) is -0.231. The maximum absolute atomic E-state index is 12.0. The number of hydrogen-bond donors (Lipinski definition) is 0. The lowest BCUT2D eigenvalue weighted by Crippen LogP contribution is -2.01. The summed E-state index contributed by atoms with van der Waals surface area (Å²) < 4.78 is 0. The molecule has 2 nitrogen and oxygen atoms in total. The van der Waals surface area contributed by atoms with E-state index < -0.39 is 0 Å². The zero-order valence-corrected chi connectivity index (χ0v) is 13.6. The third kappa shape index (κ3) is 4.76. The van der Waals surface area contributed by atoms with Gasteiger partial charge in [0, 0.05) is 9.79 Å². The molecule has 0 N–H and O–H groups in total. The largest absolute Gasteiger partial charge is 0.286 e. The highest BCUT2D eigenvalue weighted by atomic mass is 32.2. The van der Waals surface area contributed by atoms with Crippen molar-refractivity contribution in [2.45, 2.75) is 30.1 Å². The molecule has 0 atom stereocenters. The molecule has 21 heavy (non-hydrogen) atoms. The highest BCUT2D eigenvalue weighted by Gasteiger charge is 2.14. The third-order valence-electron chi connectivity index (χ3n) is 2.92. The number of benzene rings is 2. The van der Waals surface area contributed by atoms with Crippen LogP contribution in [0.4, 0.5) is 0 Å². The Kier molecular flexibility index (Phi) is 5.65. The smallest absolute Gasteiger partial charge is 0.202 e. The van der Waals surface area contributed by atoms with Gasteiger partial charge in [0.25, 0.3) is 0 Å². The molecule has 0 heterocycles. The van der Waals surface area contributed by atoms with Crippen molar-refractivity contribution >= 4 is 33.8 Å². The van der Waals surface area contributed by atoms with Gasteiger partial charge in [-0.2, -0.15) is 0 Å². The minimum atomic E-state index is -0.115. The zero-order valence-electron chi connectivity index (χ0n) is 12.0. The van der Waals surface area contributed by atoms with E-state index in [-0.39, 0.29) is 16.7 Å². The minimum absolute atomic E-state index is 0.0575. The van der Waals surface area contributed by atoms with Gasteiger partial charge in [-0.15, -0.1) is 0 Å². The molecule has 0 aliphatic heterocycles. The van der Waals surface area contributed by atoms with E-state index >= 15 is 0 Å². The molecule has 0 aliphatic carbocycles. The predicted octanol–water partition coefficient (Wildman–Crippen LogP) is 4.63. The summed E-state index contributed by atoms with van der Waals surface area (Å²) in [6.07, 6.45) is -0.0575. The van der Waals surface area contributed by atoms with Crippen LogP contribution in [0.5, 0.6) is 0 Å². The van der Waals surface area contributed by atoms with Crippen molar-refractivity contribution in [3.05, 3.63) is 59.7 Å². The first kappa shape index (κ1) is 15.9. The molecule has 0 fully saturated rings. The van der Waals surface area contributed by atoms with Gasteiger partial charge >= 0.3 is 0 Å². The summed E-state index contributed by atoms with van der Waals surface area (Å²) in [7, 11) is 0. The van der Waals surface area contributed by atoms with Crippen molar-refractivity contribution in [2.24, 2.45) is 0 Å². The molecule has 2 aromatic carbocycles. The molecule has 108 valence electrons. The van der Waals surface area contributed by atoms with E-state index in [2.05, 4.69) is 0 Å². The number of hydrogen-bond acceptors (Lipinski definition) is 4. The van der Waals surface area contributed by atoms with E-state index in [0.29, 0.717) is 0 Å². The lowest BCUT2D eigenvalue weighted by molar-refractivity contribution is -0.117. The molecule has 0 radical (unpaired) electrons. The van der Waals surface area contributed by atoms with Crippen molar-refractivity contribution in [1.82, 2.24) is 0 Å². The number of aryl methyl sites for hydroxylation is 2. The van der Waals surface area contributed by atoms with Crippen LogP contribution in [-0.4, -0.2) is 10.2 Å². The standard InChI is InChI=1S/C17H16O2S2/c1-12-7-3-5-9-14(12)20-16(18)11-17(19)21-15-10-6-4-8-13(15)2/h3-10H,11H2,1-2H3. The second kappa shape index (κ2) is 7.48. The van der Waals surface area contributed by atoms with Crippen molar-refractivity contribution in [2.75, 3.05) is 0 Å². The fraction of sp³-hybridized carbons (Fsp3) is 0.176. The summed E-state index contributed by atoms with van der Waals surface area (Å²) in [6.45, 7) is 3.92. The summed E-state index contributed by atoms with van der Waals surface area (Å²) in [5.74, 6) is 0. The monoisotopic (exact) mass is 316 g/mol. The van der Waals surface area contributed by atoms with Crippen LogP contribution in [0.1, 0.15) is 17.5 Å². The number of carbonyl (C=O) groups excluding carboxylic acids is 2. The quantitative estimate of drug-likeness (QED) is 0.608. The molecule has 0 aromatic heterocycles. The molecule has 0 amide bonds. The van der Waals surface area contributed by atoms with Gasteiger partial charge in [-0.25, -0.2) is 0 Å². The van der Waals surface area contributed by atoms with Crippen molar-refractivity contribution in [3.8, 4) is 0 Å². The Hall–Kier alpha value is -1.52. The lowest BCUT2D eigenvalue weighted by Gasteiger charge is -2.05. The average Bonchev–Trinajstić information content (AvgIpc) is 2.44. The maximum atomic E-state index is 12.0. The molecule has 0 saturated heterocycles. The Morgan fingerprint density at radius 2 is 1.14 bits per heavy atom. The second-order valence-electron chi connectivity index (χ2n) is 4.66. The molecule has 0 spiro atoms. The first-order chi connectivity index (χ1) is 10.1. The fourth-order valence-electron chi connectivity index (χ4n) is 1.78. The predicted molar refractivity (Wildman–Crippen MR) is 88.7 cm³/mol. The first-order valence-electron chi connectivity index (χ1n) is 6.59. The van der Waals surface area contributed by atoms with Gasteiger partial charge in [0.1, 0.15) is 0 Å². The molecule has 2 aromatic rings. The zero-order chi connectivity index (χ0) is 15.2. The van der Waals surface area contributed by atoms with Crippen molar-refractivity contribution in [1.29, 1.82) is 0 Å². The molecule has 0 saturated carbocycles.